The van der Waals surface area contributed by atoms with Crippen LogP contribution < -0.4 is 5.32 Å². The number of halogens is 1. The first-order valence-corrected chi connectivity index (χ1v) is 4.66. The van der Waals surface area contributed by atoms with Crippen molar-refractivity contribution < 1.29 is 0 Å². The van der Waals surface area contributed by atoms with E-state index in [1.165, 1.54) is 18.4 Å². The number of nitrogens with zero attached hydrogens (tertiary/aromatic N) is 1. The largest absolute Gasteiger partial charge is 0.234 e. The fraction of sp³-hybridized carbons (Fsp3) is 0.400. The zero-order valence-corrected chi connectivity index (χ0v) is 7.59. The minimum Gasteiger partial charge on any atom is -0.234 e. The topological polar surface area (TPSA) is 14.1 Å². The Morgan fingerprint density at radius 2 is 2.00 bits per heavy atom. The Kier molecular flexibility index (Phi) is 2.33. The molecule has 0 spiro atoms. The summed E-state index contributed by atoms with van der Waals surface area (Å²) >= 11 is 5.79. The van der Waals surface area contributed by atoms with Gasteiger partial charge in [0.15, 0.2) is 0 Å². The van der Waals surface area contributed by atoms with Gasteiger partial charge in [-0.05, 0) is 30.5 Å². The molecular weight excluding hydrogens is 170 g/mol. The lowest BCUT2D eigenvalue weighted by Gasteiger charge is -2.07. The summed E-state index contributed by atoms with van der Waals surface area (Å²) in [4.78, 5) is 0. The first-order valence-electron chi connectivity index (χ1n) is 4.28. The van der Waals surface area contributed by atoms with Crippen molar-refractivity contribution in [3.63, 3.8) is 0 Å². The van der Waals surface area contributed by atoms with Crippen LogP contribution in [0.5, 0.6) is 0 Å². The lowest BCUT2D eigenvalue weighted by Crippen LogP contribution is -2.04. The molecule has 1 aliphatic heterocycles. The maximum Gasteiger partial charge on any atom is 0.0496 e. The van der Waals surface area contributed by atoms with Gasteiger partial charge in [0.05, 0.1) is 0 Å². The molecule has 0 aliphatic carbocycles. The quantitative estimate of drug-likeness (QED) is 0.631. The van der Waals surface area contributed by atoms with E-state index in [-0.39, 0.29) is 0 Å². The van der Waals surface area contributed by atoms with Crippen molar-refractivity contribution in [1.29, 1.82) is 0 Å². The molecule has 0 N–H and O–H groups in total. The second kappa shape index (κ2) is 3.46. The summed E-state index contributed by atoms with van der Waals surface area (Å²) in [6.45, 7) is 1.02. The van der Waals surface area contributed by atoms with E-state index in [0.29, 0.717) is 6.04 Å². The van der Waals surface area contributed by atoms with Gasteiger partial charge in [-0.1, -0.05) is 23.7 Å². The minimum absolute atomic E-state index is 0.433. The molecule has 1 unspecified atom stereocenters. The summed E-state index contributed by atoms with van der Waals surface area (Å²) in [6.07, 6.45) is 2.43. The number of hydrogen-bond acceptors (Lipinski definition) is 0. The van der Waals surface area contributed by atoms with Crippen molar-refractivity contribution in [2.75, 3.05) is 6.54 Å². The van der Waals surface area contributed by atoms with Crippen LogP contribution in [0.2, 0.25) is 5.02 Å². The molecule has 2 rings (SSSR count). The second-order valence-electron chi connectivity index (χ2n) is 3.12. The molecule has 12 heavy (non-hydrogen) atoms. The number of rotatable bonds is 1. The van der Waals surface area contributed by atoms with E-state index in [1.807, 2.05) is 12.1 Å². The summed E-state index contributed by atoms with van der Waals surface area (Å²) in [7, 11) is 0. The van der Waals surface area contributed by atoms with Crippen LogP contribution in [-0.2, 0) is 0 Å². The van der Waals surface area contributed by atoms with Crippen LogP contribution in [0.1, 0.15) is 24.4 Å². The van der Waals surface area contributed by atoms with Crippen molar-refractivity contribution >= 4 is 11.6 Å². The van der Waals surface area contributed by atoms with Gasteiger partial charge < -0.3 is 0 Å². The smallest absolute Gasteiger partial charge is 0.0496 e. The maximum atomic E-state index is 5.79. The van der Waals surface area contributed by atoms with E-state index in [1.54, 1.807) is 0 Å². The van der Waals surface area contributed by atoms with E-state index in [4.69, 9.17) is 11.6 Å². The molecule has 1 radical (unpaired) electrons. The normalized spacial score (nSPS) is 22.9. The van der Waals surface area contributed by atoms with Gasteiger partial charge in [0, 0.05) is 17.6 Å². The van der Waals surface area contributed by atoms with Gasteiger partial charge in [-0.25, -0.2) is 5.32 Å². The standard InChI is InChI=1S/C10H11ClN/c11-9-5-3-8(4-6-9)10-2-1-7-12-10/h3-6,10H,1-2,7H2. The zero-order valence-electron chi connectivity index (χ0n) is 6.83. The van der Waals surface area contributed by atoms with E-state index in [9.17, 15) is 0 Å². The molecule has 0 saturated carbocycles. The SMILES string of the molecule is Clc1ccc(C2CCC[N]2)cc1. The van der Waals surface area contributed by atoms with Gasteiger partial charge in [-0.3, -0.25) is 0 Å². The van der Waals surface area contributed by atoms with Crippen molar-refractivity contribution in [3.8, 4) is 0 Å². The first-order chi connectivity index (χ1) is 5.86. The van der Waals surface area contributed by atoms with Gasteiger partial charge in [0.25, 0.3) is 0 Å². The Labute approximate surface area is 77.7 Å². The predicted octanol–water partition coefficient (Wildman–Crippen LogP) is 2.78. The molecule has 0 bridgehead atoms. The van der Waals surface area contributed by atoms with Gasteiger partial charge >= 0.3 is 0 Å². The molecule has 0 amide bonds. The molecule has 1 atom stereocenters. The lowest BCUT2D eigenvalue weighted by molar-refractivity contribution is 0.635. The summed E-state index contributed by atoms with van der Waals surface area (Å²) in [5, 5.41) is 5.30. The van der Waals surface area contributed by atoms with E-state index < -0.39 is 0 Å². The molecule has 1 aromatic rings. The molecule has 1 fully saturated rings. The molecule has 1 heterocycles. The van der Waals surface area contributed by atoms with E-state index in [0.717, 1.165) is 11.6 Å². The van der Waals surface area contributed by atoms with Gasteiger partial charge in [-0.15, -0.1) is 0 Å². The highest BCUT2D eigenvalue weighted by Gasteiger charge is 2.16. The molecule has 63 valence electrons. The van der Waals surface area contributed by atoms with Gasteiger partial charge in [-0.2, -0.15) is 0 Å². The van der Waals surface area contributed by atoms with E-state index >= 15 is 0 Å². The average molecular weight is 181 g/mol. The first kappa shape index (κ1) is 8.09. The minimum atomic E-state index is 0.433. The number of hydrogen-bond donors (Lipinski definition) is 0. The Balaban J connectivity index is 2.17. The molecule has 1 aliphatic rings. The van der Waals surface area contributed by atoms with Crippen LogP contribution in [0.25, 0.3) is 0 Å². The molecule has 1 saturated heterocycles. The molecule has 0 aromatic heterocycles. The second-order valence-corrected chi connectivity index (χ2v) is 3.55. The van der Waals surface area contributed by atoms with Crippen LogP contribution in [-0.4, -0.2) is 6.54 Å². The predicted molar refractivity (Wildman–Crippen MR) is 50.4 cm³/mol. The van der Waals surface area contributed by atoms with Crippen molar-refractivity contribution in [2.45, 2.75) is 18.9 Å². The van der Waals surface area contributed by atoms with Crippen LogP contribution >= 0.6 is 11.6 Å². The summed E-state index contributed by atoms with van der Waals surface area (Å²) in [6, 6.07) is 8.45. The highest BCUT2D eigenvalue weighted by molar-refractivity contribution is 6.30. The van der Waals surface area contributed by atoms with Gasteiger partial charge in [0.1, 0.15) is 0 Å². The highest BCUT2D eigenvalue weighted by Crippen LogP contribution is 2.25. The van der Waals surface area contributed by atoms with Crippen LogP contribution in [0.15, 0.2) is 24.3 Å². The Hall–Kier alpha value is -0.530. The fourth-order valence-corrected chi connectivity index (χ4v) is 1.71. The lowest BCUT2D eigenvalue weighted by atomic mass is 10.1. The Bertz CT molecular complexity index is 249. The molecule has 2 heteroatoms. The fourth-order valence-electron chi connectivity index (χ4n) is 1.58. The third-order valence-electron chi connectivity index (χ3n) is 2.24. The summed E-state index contributed by atoms with van der Waals surface area (Å²) < 4.78 is 0. The van der Waals surface area contributed by atoms with Gasteiger partial charge in [0.2, 0.25) is 0 Å². The van der Waals surface area contributed by atoms with E-state index in [2.05, 4.69) is 17.4 Å². The highest BCUT2D eigenvalue weighted by atomic mass is 35.5. The number of benzene rings is 1. The molecule has 1 aromatic carbocycles. The zero-order chi connectivity index (χ0) is 8.39. The Morgan fingerprint density at radius 1 is 1.25 bits per heavy atom. The summed E-state index contributed by atoms with van der Waals surface area (Å²) in [5.74, 6) is 0. The average Bonchev–Trinajstić information content (AvgIpc) is 2.58. The third kappa shape index (κ3) is 1.62. The van der Waals surface area contributed by atoms with Crippen LogP contribution in [0.4, 0.5) is 0 Å². The van der Waals surface area contributed by atoms with Crippen LogP contribution in [0.3, 0.4) is 0 Å². The van der Waals surface area contributed by atoms with Crippen molar-refractivity contribution in [1.82, 2.24) is 5.32 Å². The van der Waals surface area contributed by atoms with Crippen molar-refractivity contribution in [2.24, 2.45) is 0 Å². The molecule has 1 nitrogen and oxygen atoms in total. The Morgan fingerprint density at radius 3 is 2.58 bits per heavy atom. The summed E-state index contributed by atoms with van der Waals surface area (Å²) in [5.41, 5.74) is 1.30. The monoisotopic (exact) mass is 180 g/mol. The van der Waals surface area contributed by atoms with Crippen LogP contribution in [0, 0.1) is 0 Å². The molecular formula is C10H11ClN. The van der Waals surface area contributed by atoms with Crippen molar-refractivity contribution in [3.05, 3.63) is 34.9 Å². The maximum absolute atomic E-state index is 5.79. The third-order valence-corrected chi connectivity index (χ3v) is 2.49.